The van der Waals surface area contributed by atoms with E-state index in [2.05, 4.69) is 13.8 Å². The van der Waals surface area contributed by atoms with Crippen molar-refractivity contribution in [2.75, 3.05) is 0 Å². The van der Waals surface area contributed by atoms with E-state index in [9.17, 15) is 9.59 Å². The number of carbonyl (C=O) groups is 2. The fraction of sp³-hybridized carbons (Fsp3) is 0.926. The Hall–Kier alpha value is -1.46. The lowest BCUT2D eigenvalue weighted by Crippen LogP contribution is -2.44. The van der Waals surface area contributed by atoms with Gasteiger partial charge in [0.05, 0.1) is 0 Å². The molecule has 4 N–H and O–H groups in total. The van der Waals surface area contributed by atoms with E-state index in [4.69, 9.17) is 20.9 Å². The van der Waals surface area contributed by atoms with Gasteiger partial charge in [-0.3, -0.25) is 0 Å². The van der Waals surface area contributed by atoms with Crippen LogP contribution in [-0.4, -0.2) is 24.4 Å². The summed E-state index contributed by atoms with van der Waals surface area (Å²) < 4.78 is 10.7. The SMILES string of the molecule is CCCCCCC(CCCCCC)(C1CCC(OC(N)=O)CC1)C1CCC(OC(N)=O)CC1. The lowest BCUT2D eigenvalue weighted by molar-refractivity contribution is -0.0379. The van der Waals surface area contributed by atoms with Crippen molar-refractivity contribution >= 4 is 12.2 Å². The van der Waals surface area contributed by atoms with E-state index < -0.39 is 12.2 Å². The zero-order valence-corrected chi connectivity index (χ0v) is 21.3. The van der Waals surface area contributed by atoms with E-state index in [-0.39, 0.29) is 12.2 Å². The van der Waals surface area contributed by atoms with Crippen LogP contribution in [0.5, 0.6) is 0 Å². The highest BCUT2D eigenvalue weighted by Gasteiger charge is 2.46. The summed E-state index contributed by atoms with van der Waals surface area (Å²) in [7, 11) is 0. The second-order valence-electron chi connectivity index (χ2n) is 10.7. The Morgan fingerprint density at radius 3 is 1.30 bits per heavy atom. The average Bonchev–Trinajstić information content (AvgIpc) is 2.79. The molecule has 0 bridgehead atoms. The molecule has 0 spiro atoms. The van der Waals surface area contributed by atoms with Gasteiger partial charge >= 0.3 is 12.2 Å². The van der Waals surface area contributed by atoms with E-state index in [1.54, 1.807) is 0 Å². The Bertz CT molecular complexity index is 516. The Balaban J connectivity index is 2.16. The fourth-order valence-electron chi connectivity index (χ4n) is 6.88. The van der Waals surface area contributed by atoms with Crippen LogP contribution in [-0.2, 0) is 9.47 Å². The molecule has 0 saturated heterocycles. The normalized spacial score (nSPS) is 26.0. The lowest BCUT2D eigenvalue weighted by Gasteiger charge is -2.51. The third-order valence-electron chi connectivity index (χ3n) is 8.53. The van der Waals surface area contributed by atoms with Gasteiger partial charge < -0.3 is 20.9 Å². The first-order valence-corrected chi connectivity index (χ1v) is 13.8. The molecule has 0 atom stereocenters. The van der Waals surface area contributed by atoms with Gasteiger partial charge in [0.25, 0.3) is 0 Å². The number of unbranched alkanes of at least 4 members (excludes halogenated alkanes) is 6. The summed E-state index contributed by atoms with van der Waals surface area (Å²) >= 11 is 0. The molecular formula is C27H50N2O4. The number of hydrogen-bond acceptors (Lipinski definition) is 4. The van der Waals surface area contributed by atoms with E-state index in [0.29, 0.717) is 17.3 Å². The molecule has 0 aromatic rings. The lowest BCUT2D eigenvalue weighted by atomic mass is 9.54. The minimum absolute atomic E-state index is 0.0173. The van der Waals surface area contributed by atoms with Crippen molar-refractivity contribution < 1.29 is 19.1 Å². The second-order valence-corrected chi connectivity index (χ2v) is 10.7. The predicted molar refractivity (Wildman–Crippen MR) is 133 cm³/mol. The van der Waals surface area contributed by atoms with Gasteiger partial charge in [0.2, 0.25) is 0 Å². The topological polar surface area (TPSA) is 105 Å². The molecular weight excluding hydrogens is 416 g/mol. The zero-order valence-electron chi connectivity index (χ0n) is 21.3. The maximum Gasteiger partial charge on any atom is 0.404 e. The van der Waals surface area contributed by atoms with Crippen LogP contribution >= 0.6 is 0 Å². The number of carbonyl (C=O) groups excluding carboxylic acids is 2. The summed E-state index contributed by atoms with van der Waals surface area (Å²) in [6, 6.07) is 0. The third-order valence-corrected chi connectivity index (χ3v) is 8.53. The van der Waals surface area contributed by atoms with E-state index in [0.717, 1.165) is 51.4 Å². The molecule has 0 aromatic heterocycles. The summed E-state index contributed by atoms with van der Waals surface area (Å²) in [5.41, 5.74) is 10.9. The Morgan fingerprint density at radius 2 is 1.00 bits per heavy atom. The van der Waals surface area contributed by atoms with Gasteiger partial charge in [-0.1, -0.05) is 65.2 Å². The molecule has 2 aliphatic carbocycles. The van der Waals surface area contributed by atoms with E-state index in [1.807, 2.05) is 0 Å². The molecule has 2 fully saturated rings. The maximum absolute atomic E-state index is 11.3. The van der Waals surface area contributed by atoms with Crippen molar-refractivity contribution in [1.29, 1.82) is 0 Å². The number of primary amides is 2. The molecule has 6 nitrogen and oxygen atoms in total. The summed E-state index contributed by atoms with van der Waals surface area (Å²) in [6.07, 6.45) is 19.9. The second kappa shape index (κ2) is 14.7. The minimum atomic E-state index is -0.642. The van der Waals surface area contributed by atoms with E-state index >= 15 is 0 Å². The van der Waals surface area contributed by atoms with Crippen LogP contribution in [0.4, 0.5) is 9.59 Å². The van der Waals surface area contributed by atoms with Gasteiger partial charge in [0, 0.05) is 0 Å². The monoisotopic (exact) mass is 466 g/mol. The highest BCUT2D eigenvalue weighted by Crippen LogP contribution is 2.55. The number of amides is 2. The number of ether oxygens (including phenoxy) is 2. The van der Waals surface area contributed by atoms with Crippen LogP contribution in [0.25, 0.3) is 0 Å². The van der Waals surface area contributed by atoms with Crippen molar-refractivity contribution in [3.63, 3.8) is 0 Å². The highest BCUT2D eigenvalue weighted by molar-refractivity contribution is 5.65. The van der Waals surface area contributed by atoms with Crippen LogP contribution < -0.4 is 11.5 Å². The molecule has 0 aliphatic heterocycles. The minimum Gasteiger partial charge on any atom is -0.446 e. The molecule has 33 heavy (non-hydrogen) atoms. The predicted octanol–water partition coefficient (Wildman–Crippen LogP) is 7.22. The van der Waals surface area contributed by atoms with Crippen molar-refractivity contribution in [3.8, 4) is 0 Å². The summed E-state index contributed by atoms with van der Waals surface area (Å²) in [4.78, 5) is 22.5. The first-order valence-electron chi connectivity index (χ1n) is 13.8. The molecule has 0 unspecified atom stereocenters. The smallest absolute Gasteiger partial charge is 0.404 e. The summed E-state index contributed by atoms with van der Waals surface area (Å²) in [6.45, 7) is 4.55. The fourth-order valence-corrected chi connectivity index (χ4v) is 6.88. The van der Waals surface area contributed by atoms with Crippen LogP contribution in [0.3, 0.4) is 0 Å². The largest absolute Gasteiger partial charge is 0.446 e. The van der Waals surface area contributed by atoms with Crippen LogP contribution in [0.1, 0.15) is 129 Å². The van der Waals surface area contributed by atoms with Gasteiger partial charge in [0.1, 0.15) is 12.2 Å². The van der Waals surface area contributed by atoms with Crippen LogP contribution in [0.2, 0.25) is 0 Å². The molecule has 2 amide bonds. The molecule has 2 saturated carbocycles. The summed E-state index contributed by atoms with van der Waals surface area (Å²) in [5, 5.41) is 0. The van der Waals surface area contributed by atoms with Gasteiger partial charge in [-0.2, -0.15) is 0 Å². The summed E-state index contributed by atoms with van der Waals surface area (Å²) in [5.74, 6) is 1.35. The Kier molecular flexibility index (Phi) is 12.4. The van der Waals surface area contributed by atoms with E-state index in [1.165, 1.54) is 64.2 Å². The van der Waals surface area contributed by atoms with Crippen LogP contribution in [0.15, 0.2) is 0 Å². The highest BCUT2D eigenvalue weighted by atomic mass is 16.6. The van der Waals surface area contributed by atoms with Crippen molar-refractivity contribution in [2.24, 2.45) is 28.7 Å². The van der Waals surface area contributed by atoms with Crippen LogP contribution in [0, 0.1) is 17.3 Å². The van der Waals surface area contributed by atoms with Crippen molar-refractivity contribution in [2.45, 2.75) is 142 Å². The zero-order chi connectivity index (χ0) is 24.1. The number of hydrogen-bond donors (Lipinski definition) is 2. The molecule has 6 heteroatoms. The molecule has 0 aromatic carbocycles. The average molecular weight is 467 g/mol. The first-order chi connectivity index (χ1) is 15.9. The quantitative estimate of drug-likeness (QED) is 0.264. The maximum atomic E-state index is 11.3. The number of rotatable bonds is 14. The molecule has 0 heterocycles. The standard InChI is InChI=1S/C27H50N2O4/c1-3-5-7-9-19-27(20-10-8-6-4-2,21-11-15-23(16-12-21)32-25(28)30)22-13-17-24(18-14-22)33-26(29)31/h21-24H,3-20H2,1-2H3,(H2,28,30)(H2,29,31). The Labute approximate surface area is 201 Å². The van der Waals surface area contributed by atoms with Gasteiger partial charge in [-0.05, 0) is 81.5 Å². The van der Waals surface area contributed by atoms with Gasteiger partial charge in [0.15, 0.2) is 0 Å². The Morgan fingerprint density at radius 1 is 0.636 bits per heavy atom. The van der Waals surface area contributed by atoms with Gasteiger partial charge in [-0.15, -0.1) is 0 Å². The molecule has 0 radical (unpaired) electrons. The number of nitrogens with two attached hydrogens (primary N) is 2. The van der Waals surface area contributed by atoms with Crippen molar-refractivity contribution in [1.82, 2.24) is 0 Å². The first kappa shape index (κ1) is 27.8. The van der Waals surface area contributed by atoms with Gasteiger partial charge in [-0.25, -0.2) is 9.59 Å². The molecule has 2 aliphatic rings. The third kappa shape index (κ3) is 9.01. The molecule has 2 rings (SSSR count). The molecule has 192 valence electrons. The van der Waals surface area contributed by atoms with Crippen molar-refractivity contribution in [3.05, 3.63) is 0 Å².